The Balaban J connectivity index is 1.76. The molecule has 1 aliphatic heterocycles. The Hall–Kier alpha value is -1.10. The predicted octanol–water partition coefficient (Wildman–Crippen LogP) is 2.94. The second kappa shape index (κ2) is 4.88. The van der Waals surface area contributed by atoms with Gasteiger partial charge in [0.05, 0.1) is 0 Å². The van der Waals surface area contributed by atoms with Crippen LogP contribution in [0.4, 0.5) is 5.69 Å². The van der Waals surface area contributed by atoms with Crippen LogP contribution in [0, 0.1) is 0 Å². The lowest BCUT2D eigenvalue weighted by Crippen LogP contribution is -2.30. The maximum Gasteiger partial charge on any atom is 0.183 e. The second-order valence-electron chi connectivity index (χ2n) is 4.53. The molecule has 1 aliphatic rings. The maximum atomic E-state index is 6.04. The van der Waals surface area contributed by atoms with Gasteiger partial charge in [-0.25, -0.2) is 4.98 Å². The van der Waals surface area contributed by atoms with Crippen molar-refractivity contribution in [3.8, 4) is 0 Å². The molecule has 5 heteroatoms. The van der Waals surface area contributed by atoms with Gasteiger partial charge in [0, 0.05) is 36.4 Å². The lowest BCUT2D eigenvalue weighted by molar-refractivity contribution is 0.248. The van der Waals surface area contributed by atoms with Gasteiger partial charge in [-0.2, -0.15) is 0 Å². The van der Waals surface area contributed by atoms with Crippen LogP contribution in [0.3, 0.4) is 0 Å². The summed E-state index contributed by atoms with van der Waals surface area (Å²) in [6.07, 6.45) is 2.92. The standard InChI is InChI=1S/C13H14ClN3S/c14-13-16-6-10(18-13)7-17-5-4-9-2-1-3-12(15)11(9)8-17/h1-3,6H,4-5,7-8,15H2. The number of nitrogens with two attached hydrogens (primary N) is 1. The van der Waals surface area contributed by atoms with Gasteiger partial charge in [-0.1, -0.05) is 23.7 Å². The summed E-state index contributed by atoms with van der Waals surface area (Å²) >= 11 is 7.40. The van der Waals surface area contributed by atoms with Crippen LogP contribution in [0.15, 0.2) is 24.4 Å². The van der Waals surface area contributed by atoms with Crippen molar-refractivity contribution in [2.75, 3.05) is 12.3 Å². The highest BCUT2D eigenvalue weighted by Crippen LogP contribution is 2.26. The summed E-state index contributed by atoms with van der Waals surface area (Å²) in [5, 5.41) is 0. The van der Waals surface area contributed by atoms with Gasteiger partial charge >= 0.3 is 0 Å². The molecule has 3 rings (SSSR count). The highest BCUT2D eigenvalue weighted by Gasteiger charge is 2.18. The second-order valence-corrected chi connectivity index (χ2v) is 6.22. The number of thiazole rings is 1. The van der Waals surface area contributed by atoms with E-state index in [0.29, 0.717) is 4.47 Å². The molecule has 2 aromatic rings. The average molecular weight is 280 g/mol. The van der Waals surface area contributed by atoms with Crippen molar-refractivity contribution in [3.63, 3.8) is 0 Å². The quantitative estimate of drug-likeness (QED) is 0.860. The van der Waals surface area contributed by atoms with E-state index in [9.17, 15) is 0 Å². The SMILES string of the molecule is Nc1cccc2c1CN(Cc1cnc(Cl)s1)CC2. The third-order valence-electron chi connectivity index (χ3n) is 3.29. The van der Waals surface area contributed by atoms with Crippen LogP contribution < -0.4 is 5.73 Å². The van der Waals surface area contributed by atoms with E-state index in [1.165, 1.54) is 16.0 Å². The van der Waals surface area contributed by atoms with Gasteiger partial charge in [0.2, 0.25) is 0 Å². The van der Waals surface area contributed by atoms with Crippen LogP contribution in [-0.4, -0.2) is 16.4 Å². The van der Waals surface area contributed by atoms with Crippen LogP contribution in [0.1, 0.15) is 16.0 Å². The molecular weight excluding hydrogens is 266 g/mol. The first-order valence-electron chi connectivity index (χ1n) is 5.91. The molecule has 2 N–H and O–H groups in total. The molecule has 0 saturated heterocycles. The molecule has 0 saturated carbocycles. The fourth-order valence-corrected chi connectivity index (χ4v) is 3.40. The summed E-state index contributed by atoms with van der Waals surface area (Å²) in [6.45, 7) is 2.88. The molecule has 0 amide bonds. The van der Waals surface area contributed by atoms with Crippen LogP contribution in [0.2, 0.25) is 4.47 Å². The zero-order chi connectivity index (χ0) is 12.5. The fraction of sp³-hybridized carbons (Fsp3) is 0.308. The van der Waals surface area contributed by atoms with Gasteiger partial charge in [0.15, 0.2) is 4.47 Å². The molecule has 0 fully saturated rings. The molecule has 3 nitrogen and oxygen atoms in total. The predicted molar refractivity (Wildman–Crippen MR) is 75.8 cm³/mol. The number of hydrogen-bond donors (Lipinski definition) is 1. The summed E-state index contributed by atoms with van der Waals surface area (Å²) in [4.78, 5) is 7.67. The van der Waals surface area contributed by atoms with Gasteiger partial charge in [0.25, 0.3) is 0 Å². The van der Waals surface area contributed by atoms with E-state index >= 15 is 0 Å². The molecule has 0 atom stereocenters. The number of nitrogen functional groups attached to an aromatic ring is 1. The minimum atomic E-state index is 0.613. The molecule has 0 radical (unpaired) electrons. The highest BCUT2D eigenvalue weighted by atomic mass is 35.5. The fourth-order valence-electron chi connectivity index (χ4n) is 2.37. The number of anilines is 1. The molecular formula is C13H14ClN3S. The average Bonchev–Trinajstić information content (AvgIpc) is 2.76. The van der Waals surface area contributed by atoms with Crippen molar-refractivity contribution in [2.45, 2.75) is 19.5 Å². The number of nitrogens with zero attached hydrogens (tertiary/aromatic N) is 2. The van der Waals surface area contributed by atoms with E-state index in [0.717, 1.165) is 31.7 Å². The summed E-state index contributed by atoms with van der Waals surface area (Å²) in [5.41, 5.74) is 9.61. The van der Waals surface area contributed by atoms with Crippen molar-refractivity contribution in [3.05, 3.63) is 44.9 Å². The number of aromatic nitrogens is 1. The Kier molecular flexibility index (Phi) is 3.24. The van der Waals surface area contributed by atoms with Crippen LogP contribution in [0.5, 0.6) is 0 Å². The molecule has 94 valence electrons. The Bertz CT molecular complexity index is 567. The van der Waals surface area contributed by atoms with Crippen molar-refractivity contribution >= 4 is 28.6 Å². The van der Waals surface area contributed by atoms with Crippen LogP contribution in [0.25, 0.3) is 0 Å². The van der Waals surface area contributed by atoms with E-state index in [-0.39, 0.29) is 0 Å². The van der Waals surface area contributed by atoms with E-state index in [4.69, 9.17) is 17.3 Å². The first-order chi connectivity index (χ1) is 8.72. The Morgan fingerprint density at radius 2 is 2.33 bits per heavy atom. The summed E-state index contributed by atoms with van der Waals surface area (Å²) in [5.74, 6) is 0. The normalized spacial score (nSPS) is 15.6. The van der Waals surface area contributed by atoms with E-state index in [1.807, 2.05) is 18.3 Å². The minimum absolute atomic E-state index is 0.613. The minimum Gasteiger partial charge on any atom is -0.398 e. The van der Waals surface area contributed by atoms with Crippen molar-refractivity contribution in [1.29, 1.82) is 0 Å². The zero-order valence-corrected chi connectivity index (χ0v) is 11.5. The van der Waals surface area contributed by atoms with Gasteiger partial charge < -0.3 is 5.73 Å². The third-order valence-corrected chi connectivity index (χ3v) is 4.39. The molecule has 0 spiro atoms. The number of hydrogen-bond acceptors (Lipinski definition) is 4. The van der Waals surface area contributed by atoms with Gasteiger partial charge in [0.1, 0.15) is 0 Å². The first-order valence-corrected chi connectivity index (χ1v) is 7.10. The topological polar surface area (TPSA) is 42.1 Å². The lowest BCUT2D eigenvalue weighted by Gasteiger charge is -2.29. The molecule has 2 heterocycles. The molecule has 0 aliphatic carbocycles. The smallest absolute Gasteiger partial charge is 0.183 e. The van der Waals surface area contributed by atoms with E-state index in [2.05, 4.69) is 16.0 Å². The largest absolute Gasteiger partial charge is 0.398 e. The van der Waals surface area contributed by atoms with E-state index in [1.54, 1.807) is 11.3 Å². The summed E-state index contributed by atoms with van der Waals surface area (Å²) in [6, 6.07) is 6.19. The molecule has 1 aromatic carbocycles. The Labute approximate surface area is 115 Å². The van der Waals surface area contributed by atoms with Gasteiger partial charge in [-0.15, -0.1) is 11.3 Å². The molecule has 0 unspecified atom stereocenters. The number of fused-ring (bicyclic) bond motifs is 1. The highest BCUT2D eigenvalue weighted by molar-refractivity contribution is 7.15. The van der Waals surface area contributed by atoms with Crippen molar-refractivity contribution in [2.24, 2.45) is 0 Å². The van der Waals surface area contributed by atoms with Gasteiger partial charge in [-0.3, -0.25) is 4.90 Å². The van der Waals surface area contributed by atoms with Gasteiger partial charge in [-0.05, 0) is 23.6 Å². The lowest BCUT2D eigenvalue weighted by atomic mass is 9.98. The van der Waals surface area contributed by atoms with Crippen molar-refractivity contribution < 1.29 is 0 Å². The van der Waals surface area contributed by atoms with Crippen molar-refractivity contribution in [1.82, 2.24) is 9.88 Å². The monoisotopic (exact) mass is 279 g/mol. The zero-order valence-electron chi connectivity index (χ0n) is 9.90. The molecule has 0 bridgehead atoms. The number of benzene rings is 1. The maximum absolute atomic E-state index is 6.04. The molecule has 1 aromatic heterocycles. The molecule has 18 heavy (non-hydrogen) atoms. The first kappa shape index (κ1) is 12.0. The number of halogens is 1. The van der Waals surface area contributed by atoms with Crippen LogP contribution >= 0.6 is 22.9 Å². The Morgan fingerprint density at radius 1 is 1.44 bits per heavy atom. The number of rotatable bonds is 2. The summed E-state index contributed by atoms with van der Waals surface area (Å²) < 4.78 is 0.613. The summed E-state index contributed by atoms with van der Waals surface area (Å²) in [7, 11) is 0. The Morgan fingerprint density at radius 3 is 3.11 bits per heavy atom. The van der Waals surface area contributed by atoms with Crippen LogP contribution in [-0.2, 0) is 19.5 Å². The van der Waals surface area contributed by atoms with E-state index < -0.39 is 0 Å². The third kappa shape index (κ3) is 2.36.